The van der Waals surface area contributed by atoms with E-state index < -0.39 is 10.0 Å². The van der Waals surface area contributed by atoms with E-state index in [2.05, 4.69) is 14.8 Å². The van der Waals surface area contributed by atoms with Crippen LogP contribution in [-0.2, 0) is 14.8 Å². The van der Waals surface area contributed by atoms with Gasteiger partial charge in [0, 0.05) is 63.9 Å². The molecule has 31 heavy (non-hydrogen) atoms. The van der Waals surface area contributed by atoms with Crippen LogP contribution < -0.4 is 4.90 Å². The van der Waals surface area contributed by atoms with Crippen LogP contribution >= 0.6 is 11.3 Å². The Kier molecular flexibility index (Phi) is 6.90. The van der Waals surface area contributed by atoms with E-state index in [4.69, 9.17) is 0 Å². The highest BCUT2D eigenvalue weighted by Gasteiger charge is 2.30. The Morgan fingerprint density at radius 2 is 1.74 bits per heavy atom. The number of piperazine rings is 1. The van der Waals surface area contributed by atoms with Crippen LogP contribution in [0.1, 0.15) is 12.0 Å². The van der Waals surface area contributed by atoms with Gasteiger partial charge in [0.25, 0.3) is 0 Å². The van der Waals surface area contributed by atoms with Crippen LogP contribution in [0.4, 0.5) is 5.13 Å². The summed E-state index contributed by atoms with van der Waals surface area (Å²) in [4.78, 5) is 23.8. The molecular weight excluding hydrogens is 434 g/mol. The Morgan fingerprint density at radius 3 is 2.42 bits per heavy atom. The number of hydrogen-bond donors (Lipinski definition) is 0. The van der Waals surface area contributed by atoms with Crippen LogP contribution in [0.2, 0.25) is 0 Å². The van der Waals surface area contributed by atoms with Crippen LogP contribution in [0.25, 0.3) is 0 Å². The summed E-state index contributed by atoms with van der Waals surface area (Å²) in [7, 11) is -3.48. The summed E-state index contributed by atoms with van der Waals surface area (Å²) in [5, 5.41) is 2.99. The molecule has 3 heterocycles. The van der Waals surface area contributed by atoms with Gasteiger partial charge in [0.2, 0.25) is 15.9 Å². The summed E-state index contributed by atoms with van der Waals surface area (Å²) < 4.78 is 27.3. The average Bonchev–Trinajstić information content (AvgIpc) is 3.19. The number of amides is 1. The van der Waals surface area contributed by atoms with Gasteiger partial charge in [0.1, 0.15) is 0 Å². The molecule has 0 saturated carbocycles. The molecule has 1 amide bonds. The lowest BCUT2D eigenvalue weighted by Gasteiger charge is -2.34. The highest BCUT2D eigenvalue weighted by molar-refractivity contribution is 7.89. The fraction of sp³-hybridized carbons (Fsp3) is 0.524. The Labute approximate surface area is 188 Å². The molecule has 0 bridgehead atoms. The number of carbonyl (C=O) groups is 1. The molecule has 168 valence electrons. The first-order valence-electron chi connectivity index (χ1n) is 10.6. The largest absolute Gasteiger partial charge is 0.346 e. The molecule has 4 rings (SSSR count). The zero-order valence-corrected chi connectivity index (χ0v) is 19.4. The third-order valence-corrected chi connectivity index (χ3v) is 8.63. The number of thiazole rings is 1. The lowest BCUT2D eigenvalue weighted by Crippen LogP contribution is -2.51. The minimum absolute atomic E-state index is 0.121. The number of aromatic nitrogens is 1. The van der Waals surface area contributed by atoms with Gasteiger partial charge in [-0.1, -0.05) is 17.7 Å². The van der Waals surface area contributed by atoms with Gasteiger partial charge in [-0.05, 0) is 25.5 Å². The molecule has 0 unspecified atom stereocenters. The van der Waals surface area contributed by atoms with Crippen molar-refractivity contribution < 1.29 is 13.2 Å². The normalized spacial score (nSPS) is 19.4. The molecule has 2 saturated heterocycles. The monoisotopic (exact) mass is 463 g/mol. The summed E-state index contributed by atoms with van der Waals surface area (Å²) >= 11 is 1.63. The van der Waals surface area contributed by atoms with E-state index >= 15 is 0 Å². The van der Waals surface area contributed by atoms with Gasteiger partial charge >= 0.3 is 0 Å². The van der Waals surface area contributed by atoms with Crippen molar-refractivity contribution in [3.8, 4) is 0 Å². The Bertz CT molecular complexity index is 971. The number of nitrogens with zero attached hydrogens (tertiary/aromatic N) is 5. The fourth-order valence-electron chi connectivity index (χ4n) is 4.01. The van der Waals surface area contributed by atoms with E-state index in [1.54, 1.807) is 23.5 Å². The molecule has 2 aliphatic heterocycles. The van der Waals surface area contributed by atoms with Gasteiger partial charge in [0.15, 0.2) is 5.13 Å². The van der Waals surface area contributed by atoms with Gasteiger partial charge in [-0.2, -0.15) is 4.31 Å². The Morgan fingerprint density at radius 1 is 1.00 bits per heavy atom. The molecule has 10 heteroatoms. The Balaban J connectivity index is 1.27. The van der Waals surface area contributed by atoms with Crippen molar-refractivity contribution in [1.82, 2.24) is 19.1 Å². The minimum Gasteiger partial charge on any atom is -0.346 e. The van der Waals surface area contributed by atoms with Crippen LogP contribution in [0, 0.1) is 6.92 Å². The average molecular weight is 464 g/mol. The maximum atomic E-state index is 12.9. The van der Waals surface area contributed by atoms with Crippen molar-refractivity contribution in [2.75, 3.05) is 63.8 Å². The van der Waals surface area contributed by atoms with Gasteiger partial charge < -0.3 is 9.80 Å². The van der Waals surface area contributed by atoms with Crippen molar-refractivity contribution >= 4 is 32.4 Å². The molecule has 8 nitrogen and oxygen atoms in total. The number of anilines is 1. The molecule has 0 aliphatic carbocycles. The van der Waals surface area contributed by atoms with Crippen LogP contribution in [0.15, 0.2) is 40.7 Å². The standard InChI is InChI=1S/C21H29N5O3S2/c1-18-3-5-19(6-4-18)31(28,29)26-14-10-23(11-15-26)17-20(27)24-8-2-9-25(13-12-24)21-22-7-16-30-21/h3-7,16H,2,8-15,17H2,1H3. The topological polar surface area (TPSA) is 77.1 Å². The summed E-state index contributed by atoms with van der Waals surface area (Å²) in [6.45, 7) is 7.37. The molecular formula is C21H29N5O3S2. The first-order valence-corrected chi connectivity index (χ1v) is 13.0. The first-order chi connectivity index (χ1) is 14.9. The number of rotatable bonds is 5. The highest BCUT2D eigenvalue weighted by atomic mass is 32.2. The van der Waals surface area contributed by atoms with E-state index in [1.807, 2.05) is 35.5 Å². The third-order valence-electron chi connectivity index (χ3n) is 5.89. The molecule has 2 aromatic rings. The second-order valence-corrected chi connectivity index (χ2v) is 10.8. The second kappa shape index (κ2) is 9.64. The molecule has 2 fully saturated rings. The zero-order chi connectivity index (χ0) is 21.8. The van der Waals surface area contributed by atoms with Crippen LogP contribution in [0.3, 0.4) is 0 Å². The maximum absolute atomic E-state index is 12.9. The molecule has 0 N–H and O–H groups in total. The highest BCUT2D eigenvalue weighted by Crippen LogP contribution is 2.20. The van der Waals surface area contributed by atoms with E-state index in [0.717, 1.165) is 36.8 Å². The van der Waals surface area contributed by atoms with Crippen molar-refractivity contribution in [1.29, 1.82) is 0 Å². The first kappa shape index (κ1) is 22.2. The molecule has 0 radical (unpaired) electrons. The molecule has 1 aromatic heterocycles. The fourth-order valence-corrected chi connectivity index (χ4v) is 6.13. The van der Waals surface area contributed by atoms with E-state index in [1.165, 1.54) is 4.31 Å². The predicted molar refractivity (Wildman–Crippen MR) is 122 cm³/mol. The van der Waals surface area contributed by atoms with E-state index in [9.17, 15) is 13.2 Å². The maximum Gasteiger partial charge on any atom is 0.243 e. The summed E-state index contributed by atoms with van der Waals surface area (Å²) in [5.41, 5.74) is 1.03. The minimum atomic E-state index is -3.48. The molecule has 1 aromatic carbocycles. The number of aryl methyl sites for hydroxylation is 1. The van der Waals surface area contributed by atoms with Gasteiger partial charge in [-0.25, -0.2) is 13.4 Å². The smallest absolute Gasteiger partial charge is 0.243 e. The van der Waals surface area contributed by atoms with Crippen molar-refractivity contribution in [2.45, 2.75) is 18.2 Å². The second-order valence-electron chi connectivity index (χ2n) is 8.03. The lowest BCUT2D eigenvalue weighted by atomic mass is 10.2. The molecule has 2 aliphatic rings. The summed E-state index contributed by atoms with van der Waals surface area (Å²) in [5.74, 6) is 0.121. The number of carbonyl (C=O) groups excluding carboxylic acids is 1. The predicted octanol–water partition coefficient (Wildman–Crippen LogP) is 1.50. The van der Waals surface area contributed by atoms with Crippen molar-refractivity contribution in [2.24, 2.45) is 0 Å². The van der Waals surface area contributed by atoms with Crippen LogP contribution in [0.5, 0.6) is 0 Å². The van der Waals surface area contributed by atoms with Crippen molar-refractivity contribution in [3.05, 3.63) is 41.4 Å². The lowest BCUT2D eigenvalue weighted by molar-refractivity contribution is -0.132. The van der Waals surface area contributed by atoms with Crippen molar-refractivity contribution in [3.63, 3.8) is 0 Å². The van der Waals surface area contributed by atoms with Gasteiger partial charge in [-0.3, -0.25) is 9.69 Å². The Hall–Kier alpha value is -2.01. The molecule has 0 atom stereocenters. The third kappa shape index (κ3) is 5.25. The zero-order valence-electron chi connectivity index (χ0n) is 17.8. The summed E-state index contributed by atoms with van der Waals surface area (Å²) in [6.07, 6.45) is 2.74. The quantitative estimate of drug-likeness (QED) is 0.669. The number of hydrogen-bond acceptors (Lipinski definition) is 7. The number of benzene rings is 1. The van der Waals surface area contributed by atoms with Gasteiger partial charge in [0.05, 0.1) is 11.4 Å². The van der Waals surface area contributed by atoms with E-state index in [0.29, 0.717) is 44.2 Å². The van der Waals surface area contributed by atoms with E-state index in [-0.39, 0.29) is 5.91 Å². The SMILES string of the molecule is Cc1ccc(S(=O)(=O)N2CCN(CC(=O)N3CCCN(c4nccs4)CC3)CC2)cc1. The summed E-state index contributed by atoms with van der Waals surface area (Å²) in [6, 6.07) is 6.96. The van der Waals surface area contributed by atoms with Gasteiger partial charge in [-0.15, -0.1) is 11.3 Å². The van der Waals surface area contributed by atoms with Crippen LogP contribution in [-0.4, -0.2) is 92.3 Å². The molecule has 0 spiro atoms. The number of sulfonamides is 1.